The predicted octanol–water partition coefficient (Wildman–Crippen LogP) is 3.92. The first-order chi connectivity index (χ1) is 11.0. The molecule has 1 aliphatic heterocycles. The van der Waals surface area contributed by atoms with Gasteiger partial charge in [0.1, 0.15) is 5.76 Å². The minimum Gasteiger partial charge on any atom is -0.494 e. The molecule has 0 aromatic carbocycles. The van der Waals surface area contributed by atoms with E-state index in [1.807, 2.05) is 14.0 Å². The molecule has 4 heteroatoms. The standard InChI is InChI=1S/C19H37BN2O/c1-7-19(9-8-11-20(5)21-6)23-15-18-14-22(13-17(18)4)12-10-16(2)3/h7-9,16-18,21H,10-15H2,1-6H3/b9-8-,19-7+. The third kappa shape index (κ3) is 8.07. The Balaban J connectivity index is 2.35. The highest BCUT2D eigenvalue weighted by molar-refractivity contribution is 6.54. The van der Waals surface area contributed by atoms with Crippen LogP contribution in [0.25, 0.3) is 0 Å². The summed E-state index contributed by atoms with van der Waals surface area (Å²) in [7, 11) is 2.00. The maximum Gasteiger partial charge on any atom is 0.220 e. The van der Waals surface area contributed by atoms with E-state index in [2.05, 4.69) is 56.0 Å². The van der Waals surface area contributed by atoms with E-state index < -0.39 is 0 Å². The van der Waals surface area contributed by atoms with Gasteiger partial charge >= 0.3 is 0 Å². The summed E-state index contributed by atoms with van der Waals surface area (Å²) in [5, 5.41) is 3.25. The first-order valence-electron chi connectivity index (χ1n) is 9.31. The molecule has 1 saturated heterocycles. The van der Waals surface area contributed by atoms with Crippen molar-refractivity contribution in [2.24, 2.45) is 17.8 Å². The van der Waals surface area contributed by atoms with Gasteiger partial charge in [0.05, 0.1) is 6.61 Å². The average Bonchev–Trinajstić information content (AvgIpc) is 2.88. The van der Waals surface area contributed by atoms with Crippen LogP contribution >= 0.6 is 0 Å². The van der Waals surface area contributed by atoms with Crippen LogP contribution < -0.4 is 5.23 Å². The Kier molecular flexibility index (Phi) is 9.65. The van der Waals surface area contributed by atoms with Crippen molar-refractivity contribution in [3.63, 3.8) is 0 Å². The summed E-state index contributed by atoms with van der Waals surface area (Å²) in [5.41, 5.74) is 0. The van der Waals surface area contributed by atoms with Crippen LogP contribution in [0, 0.1) is 17.8 Å². The van der Waals surface area contributed by atoms with E-state index >= 15 is 0 Å². The molecule has 3 nitrogen and oxygen atoms in total. The number of ether oxygens (including phenoxy) is 1. The Hall–Kier alpha value is -0.735. The van der Waals surface area contributed by atoms with Crippen molar-refractivity contribution in [1.29, 1.82) is 0 Å². The maximum atomic E-state index is 6.06. The Bertz CT molecular complexity index is 382. The molecule has 0 bridgehead atoms. The molecule has 132 valence electrons. The quantitative estimate of drug-likeness (QED) is 0.375. The molecule has 23 heavy (non-hydrogen) atoms. The van der Waals surface area contributed by atoms with Gasteiger partial charge in [-0.3, -0.25) is 0 Å². The molecule has 0 aliphatic carbocycles. The topological polar surface area (TPSA) is 24.5 Å². The van der Waals surface area contributed by atoms with Gasteiger partial charge in [-0.1, -0.05) is 33.7 Å². The lowest BCUT2D eigenvalue weighted by atomic mass is 9.62. The molecule has 0 spiro atoms. The number of hydrogen-bond donors (Lipinski definition) is 1. The van der Waals surface area contributed by atoms with Crippen molar-refractivity contribution in [2.75, 3.05) is 33.3 Å². The van der Waals surface area contributed by atoms with E-state index in [1.54, 1.807) is 0 Å². The van der Waals surface area contributed by atoms with Gasteiger partial charge in [0.25, 0.3) is 0 Å². The summed E-state index contributed by atoms with van der Waals surface area (Å²) in [6, 6.07) is 0. The molecule has 1 heterocycles. The van der Waals surface area contributed by atoms with Crippen LogP contribution in [0.3, 0.4) is 0 Å². The Morgan fingerprint density at radius 3 is 2.74 bits per heavy atom. The molecule has 1 N–H and O–H groups in total. The Morgan fingerprint density at radius 1 is 1.39 bits per heavy atom. The van der Waals surface area contributed by atoms with Crippen molar-refractivity contribution in [3.05, 3.63) is 24.0 Å². The second-order valence-electron chi connectivity index (χ2n) is 7.51. The third-order valence-corrected chi connectivity index (χ3v) is 4.88. The maximum absolute atomic E-state index is 6.06. The van der Waals surface area contributed by atoms with Crippen LogP contribution in [-0.4, -0.2) is 45.0 Å². The summed E-state index contributed by atoms with van der Waals surface area (Å²) in [6.45, 7) is 16.2. The van der Waals surface area contributed by atoms with Crippen LogP contribution in [0.15, 0.2) is 24.0 Å². The van der Waals surface area contributed by atoms with Gasteiger partial charge in [0, 0.05) is 19.0 Å². The smallest absolute Gasteiger partial charge is 0.220 e. The van der Waals surface area contributed by atoms with Crippen LogP contribution in [0.2, 0.25) is 13.1 Å². The average molecular weight is 320 g/mol. The predicted molar refractivity (Wildman–Crippen MR) is 103 cm³/mol. The fraction of sp³-hybridized carbons (Fsp3) is 0.789. The summed E-state index contributed by atoms with van der Waals surface area (Å²) in [5.74, 6) is 3.18. The van der Waals surface area contributed by atoms with Crippen molar-refractivity contribution in [1.82, 2.24) is 10.1 Å². The SMILES string of the molecule is C/C=C(\C=C/CB(C)NC)OCC1CN(CCC(C)C)CC1C. The van der Waals surface area contributed by atoms with E-state index in [9.17, 15) is 0 Å². The monoisotopic (exact) mass is 320 g/mol. The number of nitrogens with zero attached hydrogens (tertiary/aromatic N) is 1. The van der Waals surface area contributed by atoms with Gasteiger partial charge < -0.3 is 14.9 Å². The second kappa shape index (κ2) is 10.9. The summed E-state index contributed by atoms with van der Waals surface area (Å²) < 4.78 is 6.06. The molecular formula is C19H37BN2O. The first kappa shape index (κ1) is 20.3. The molecule has 0 radical (unpaired) electrons. The Morgan fingerprint density at radius 2 is 2.13 bits per heavy atom. The molecule has 0 aromatic rings. The van der Waals surface area contributed by atoms with Gasteiger partial charge in [-0.05, 0) is 57.2 Å². The number of rotatable bonds is 10. The molecule has 1 aliphatic rings. The second-order valence-corrected chi connectivity index (χ2v) is 7.51. The van der Waals surface area contributed by atoms with Gasteiger partial charge in [0.15, 0.2) is 0 Å². The number of nitrogens with one attached hydrogen (secondary N) is 1. The minimum atomic E-state index is 0.508. The highest BCUT2D eigenvalue weighted by Crippen LogP contribution is 2.24. The van der Waals surface area contributed by atoms with Crippen molar-refractivity contribution in [3.8, 4) is 0 Å². The molecule has 0 amide bonds. The molecule has 0 saturated carbocycles. The van der Waals surface area contributed by atoms with Gasteiger partial charge in [-0.25, -0.2) is 0 Å². The van der Waals surface area contributed by atoms with Crippen LogP contribution in [0.1, 0.15) is 34.1 Å². The van der Waals surface area contributed by atoms with E-state index in [0.29, 0.717) is 12.8 Å². The lowest BCUT2D eigenvalue weighted by Crippen LogP contribution is -2.25. The number of likely N-dealkylation sites (tertiary alicyclic amines) is 1. The molecule has 0 aromatic heterocycles. The third-order valence-electron chi connectivity index (χ3n) is 4.88. The Labute approximate surface area is 144 Å². The molecule has 2 unspecified atom stereocenters. The van der Waals surface area contributed by atoms with Crippen molar-refractivity contribution < 1.29 is 4.74 Å². The fourth-order valence-corrected chi connectivity index (χ4v) is 2.92. The lowest BCUT2D eigenvalue weighted by molar-refractivity contribution is 0.159. The van der Waals surface area contributed by atoms with Crippen molar-refractivity contribution in [2.45, 2.75) is 47.3 Å². The number of hydrogen-bond acceptors (Lipinski definition) is 3. The zero-order valence-electron chi connectivity index (χ0n) is 16.1. The van der Waals surface area contributed by atoms with E-state index in [1.165, 1.54) is 26.1 Å². The van der Waals surface area contributed by atoms with E-state index in [-0.39, 0.29) is 0 Å². The van der Waals surface area contributed by atoms with E-state index in [4.69, 9.17) is 4.74 Å². The highest BCUT2D eigenvalue weighted by atomic mass is 16.5. The van der Waals surface area contributed by atoms with E-state index in [0.717, 1.165) is 30.5 Å². The van der Waals surface area contributed by atoms with Gasteiger partial charge in [0.2, 0.25) is 6.85 Å². The molecule has 2 atom stereocenters. The number of allylic oxidation sites excluding steroid dienone is 3. The largest absolute Gasteiger partial charge is 0.494 e. The van der Waals surface area contributed by atoms with Crippen LogP contribution in [0.5, 0.6) is 0 Å². The summed E-state index contributed by atoms with van der Waals surface area (Å²) in [4.78, 5) is 2.61. The molecule has 1 rings (SSSR count). The lowest BCUT2D eigenvalue weighted by Gasteiger charge is -2.17. The summed E-state index contributed by atoms with van der Waals surface area (Å²) in [6.07, 6.45) is 8.71. The molecule has 1 fully saturated rings. The minimum absolute atomic E-state index is 0.508. The fourth-order valence-electron chi connectivity index (χ4n) is 2.92. The van der Waals surface area contributed by atoms with Gasteiger partial charge in [-0.15, -0.1) is 0 Å². The highest BCUT2D eigenvalue weighted by Gasteiger charge is 2.29. The zero-order valence-corrected chi connectivity index (χ0v) is 16.1. The zero-order chi connectivity index (χ0) is 17.2. The van der Waals surface area contributed by atoms with Gasteiger partial charge in [-0.2, -0.15) is 0 Å². The van der Waals surface area contributed by atoms with Crippen LogP contribution in [0.4, 0.5) is 0 Å². The first-order valence-corrected chi connectivity index (χ1v) is 9.31. The molecular weight excluding hydrogens is 283 g/mol. The normalized spacial score (nSPS) is 23.2. The van der Waals surface area contributed by atoms with Crippen molar-refractivity contribution >= 4 is 6.85 Å². The van der Waals surface area contributed by atoms with Crippen LogP contribution in [-0.2, 0) is 4.74 Å². The summed E-state index contributed by atoms with van der Waals surface area (Å²) >= 11 is 0.